The number of aliphatic hydroxyl groups excluding tert-OH is 1. The molecule has 0 spiro atoms. The third-order valence-corrected chi connectivity index (χ3v) is 2.27. The molecule has 0 aromatic heterocycles. The lowest BCUT2D eigenvalue weighted by molar-refractivity contribution is -0.144. The third-order valence-electron chi connectivity index (χ3n) is 2.27. The molecule has 0 fully saturated rings. The predicted molar refractivity (Wildman–Crippen MR) is 67.5 cm³/mol. The molecule has 0 aliphatic rings. The first-order chi connectivity index (χ1) is 8.11. The number of ether oxygens (including phenoxy) is 1. The number of carbonyl (C=O) groups excluding carboxylic acids is 1. The number of hydrogen-bond donors (Lipinski definition) is 1. The van der Waals surface area contributed by atoms with Crippen LogP contribution in [0, 0.1) is 6.92 Å². The molecule has 0 radical (unpaired) electrons. The van der Waals surface area contributed by atoms with E-state index in [0.29, 0.717) is 6.61 Å². The Morgan fingerprint density at radius 2 is 2.06 bits per heavy atom. The molecule has 1 atom stereocenters. The maximum atomic E-state index is 11.1. The van der Waals surface area contributed by atoms with Crippen LogP contribution in [0.4, 0.5) is 0 Å². The Kier molecular flexibility index (Phi) is 5.43. The Hall–Kier alpha value is -1.61. The smallest absolute Gasteiger partial charge is 0.308 e. The largest absolute Gasteiger partial charge is 0.466 e. The van der Waals surface area contributed by atoms with Gasteiger partial charge in [-0.05, 0) is 19.4 Å². The molecule has 1 aromatic carbocycles. The number of rotatable bonds is 5. The summed E-state index contributed by atoms with van der Waals surface area (Å²) in [5, 5.41) is 9.57. The maximum Gasteiger partial charge on any atom is 0.308 e. The molecule has 17 heavy (non-hydrogen) atoms. The first-order valence-electron chi connectivity index (χ1n) is 5.70. The molecule has 1 aromatic rings. The predicted octanol–water partition coefficient (Wildman–Crippen LogP) is 2.32. The summed E-state index contributed by atoms with van der Waals surface area (Å²) in [5.74, 6) is -0.381. The molecule has 0 amide bonds. The van der Waals surface area contributed by atoms with E-state index < -0.39 is 6.10 Å². The summed E-state index contributed by atoms with van der Waals surface area (Å²) >= 11 is 0. The van der Waals surface area contributed by atoms with E-state index in [4.69, 9.17) is 4.74 Å². The lowest BCUT2D eigenvalue weighted by atomic mass is 10.1. The first kappa shape index (κ1) is 13.5. The molecule has 0 aliphatic heterocycles. The number of benzene rings is 1. The minimum atomic E-state index is -0.796. The zero-order valence-electron chi connectivity index (χ0n) is 10.2. The first-order valence-corrected chi connectivity index (χ1v) is 5.70. The van der Waals surface area contributed by atoms with Crippen molar-refractivity contribution in [2.24, 2.45) is 0 Å². The summed E-state index contributed by atoms with van der Waals surface area (Å²) in [4.78, 5) is 11.1. The highest BCUT2D eigenvalue weighted by molar-refractivity contribution is 5.70. The fraction of sp³-hybridized carbons (Fsp3) is 0.357. The fourth-order valence-corrected chi connectivity index (χ4v) is 1.36. The van der Waals surface area contributed by atoms with Crippen molar-refractivity contribution in [1.29, 1.82) is 0 Å². The van der Waals surface area contributed by atoms with Gasteiger partial charge < -0.3 is 9.84 Å². The van der Waals surface area contributed by atoms with E-state index in [9.17, 15) is 9.90 Å². The van der Waals surface area contributed by atoms with Gasteiger partial charge in [0.05, 0.1) is 19.1 Å². The minimum absolute atomic E-state index is 0.00377. The van der Waals surface area contributed by atoms with Crippen LogP contribution in [0.25, 0.3) is 6.08 Å². The van der Waals surface area contributed by atoms with Gasteiger partial charge in [0.1, 0.15) is 0 Å². The molecule has 1 rings (SSSR count). The van der Waals surface area contributed by atoms with Crippen LogP contribution in [0.2, 0.25) is 0 Å². The van der Waals surface area contributed by atoms with Crippen molar-refractivity contribution >= 4 is 12.0 Å². The highest BCUT2D eigenvalue weighted by Crippen LogP contribution is 2.06. The van der Waals surface area contributed by atoms with Crippen LogP contribution in [0.5, 0.6) is 0 Å². The Balaban J connectivity index is 2.47. The monoisotopic (exact) mass is 234 g/mol. The Morgan fingerprint density at radius 1 is 1.41 bits per heavy atom. The van der Waals surface area contributed by atoms with Crippen LogP contribution in [-0.4, -0.2) is 23.8 Å². The quantitative estimate of drug-likeness (QED) is 0.795. The molecule has 0 bridgehead atoms. The zero-order chi connectivity index (χ0) is 12.7. The zero-order valence-corrected chi connectivity index (χ0v) is 10.2. The van der Waals surface area contributed by atoms with Gasteiger partial charge in [0.2, 0.25) is 0 Å². The van der Waals surface area contributed by atoms with Gasteiger partial charge in [-0.25, -0.2) is 0 Å². The number of carbonyl (C=O) groups is 1. The van der Waals surface area contributed by atoms with Gasteiger partial charge >= 0.3 is 5.97 Å². The van der Waals surface area contributed by atoms with Crippen LogP contribution in [0.1, 0.15) is 24.5 Å². The summed E-state index contributed by atoms with van der Waals surface area (Å²) in [5.41, 5.74) is 2.19. The lowest BCUT2D eigenvalue weighted by Gasteiger charge is -2.04. The molecule has 0 aliphatic carbocycles. The van der Waals surface area contributed by atoms with Crippen LogP contribution in [-0.2, 0) is 9.53 Å². The van der Waals surface area contributed by atoms with Crippen molar-refractivity contribution < 1.29 is 14.6 Å². The number of aliphatic hydroxyl groups is 1. The van der Waals surface area contributed by atoms with Crippen molar-refractivity contribution in [3.05, 3.63) is 41.5 Å². The number of esters is 1. The van der Waals surface area contributed by atoms with Crippen LogP contribution in [0.15, 0.2) is 30.3 Å². The van der Waals surface area contributed by atoms with Crippen molar-refractivity contribution in [1.82, 2.24) is 0 Å². The molecule has 0 saturated carbocycles. The minimum Gasteiger partial charge on any atom is -0.466 e. The normalized spacial score (nSPS) is 12.6. The number of hydrogen-bond acceptors (Lipinski definition) is 3. The van der Waals surface area contributed by atoms with Crippen molar-refractivity contribution in [3.63, 3.8) is 0 Å². The molecule has 0 heterocycles. The fourth-order valence-electron chi connectivity index (χ4n) is 1.36. The Labute approximate surface area is 102 Å². The van der Waals surface area contributed by atoms with Crippen LogP contribution >= 0.6 is 0 Å². The summed E-state index contributed by atoms with van der Waals surface area (Å²) in [6, 6.07) is 7.92. The topological polar surface area (TPSA) is 46.5 Å². The van der Waals surface area contributed by atoms with Gasteiger partial charge in [0, 0.05) is 0 Å². The van der Waals surface area contributed by atoms with E-state index in [-0.39, 0.29) is 12.4 Å². The average molecular weight is 234 g/mol. The van der Waals surface area contributed by atoms with E-state index in [2.05, 4.69) is 0 Å². The van der Waals surface area contributed by atoms with Crippen molar-refractivity contribution in [2.45, 2.75) is 26.4 Å². The van der Waals surface area contributed by atoms with Crippen LogP contribution < -0.4 is 0 Å². The van der Waals surface area contributed by atoms with E-state index in [1.165, 1.54) is 5.56 Å². The van der Waals surface area contributed by atoms with Crippen LogP contribution in [0.3, 0.4) is 0 Å². The highest BCUT2D eigenvalue weighted by atomic mass is 16.5. The Morgan fingerprint density at radius 3 is 2.65 bits per heavy atom. The standard InChI is InChI=1S/C14H18O3/c1-3-17-14(16)10-13(15)9-8-12-6-4-11(2)5-7-12/h4-9,13,15H,3,10H2,1-2H3/b9-8+/t13-/m1/s1. The SMILES string of the molecule is CCOC(=O)C[C@H](O)/C=C/c1ccc(C)cc1. The molecule has 0 unspecified atom stereocenters. The van der Waals surface area contributed by atoms with Crippen molar-refractivity contribution in [2.75, 3.05) is 6.61 Å². The molecule has 92 valence electrons. The van der Waals surface area contributed by atoms with Gasteiger partial charge in [0.25, 0.3) is 0 Å². The molecule has 1 N–H and O–H groups in total. The second kappa shape index (κ2) is 6.86. The van der Waals surface area contributed by atoms with Gasteiger partial charge in [-0.2, -0.15) is 0 Å². The van der Waals surface area contributed by atoms with Gasteiger partial charge in [-0.1, -0.05) is 42.0 Å². The second-order valence-electron chi connectivity index (χ2n) is 3.85. The highest BCUT2D eigenvalue weighted by Gasteiger charge is 2.07. The molecule has 3 nitrogen and oxygen atoms in total. The van der Waals surface area contributed by atoms with E-state index in [1.54, 1.807) is 19.1 Å². The maximum absolute atomic E-state index is 11.1. The third kappa shape index (κ3) is 5.31. The second-order valence-corrected chi connectivity index (χ2v) is 3.85. The molecular weight excluding hydrogens is 216 g/mol. The van der Waals surface area contributed by atoms with E-state index >= 15 is 0 Å². The van der Waals surface area contributed by atoms with Crippen molar-refractivity contribution in [3.8, 4) is 0 Å². The summed E-state index contributed by atoms with van der Waals surface area (Å²) in [6.07, 6.45) is 2.59. The van der Waals surface area contributed by atoms with Gasteiger partial charge in [-0.3, -0.25) is 4.79 Å². The summed E-state index contributed by atoms with van der Waals surface area (Å²) < 4.78 is 4.75. The molecule has 3 heteroatoms. The summed E-state index contributed by atoms with van der Waals surface area (Å²) in [6.45, 7) is 4.10. The lowest BCUT2D eigenvalue weighted by Crippen LogP contribution is -2.13. The van der Waals surface area contributed by atoms with Gasteiger partial charge in [0.15, 0.2) is 0 Å². The van der Waals surface area contributed by atoms with Gasteiger partial charge in [-0.15, -0.1) is 0 Å². The molecule has 0 saturated heterocycles. The average Bonchev–Trinajstić information content (AvgIpc) is 2.28. The van der Waals surface area contributed by atoms with E-state index in [1.807, 2.05) is 31.2 Å². The number of aryl methyl sites for hydroxylation is 1. The Bertz CT molecular complexity index is 379. The summed E-state index contributed by atoms with van der Waals surface area (Å²) in [7, 11) is 0. The van der Waals surface area contributed by atoms with E-state index in [0.717, 1.165) is 5.56 Å². The molecular formula is C14H18O3.